The van der Waals surface area contributed by atoms with E-state index in [0.717, 1.165) is 10.0 Å². The molecule has 36 heavy (non-hydrogen) atoms. The van der Waals surface area contributed by atoms with Crippen molar-refractivity contribution in [2.24, 2.45) is 7.05 Å². The predicted octanol–water partition coefficient (Wildman–Crippen LogP) is 0.865. The Hall–Kier alpha value is -3.86. The number of hydroxylamine groups is 1. The maximum Gasteiger partial charge on any atom is 0.263 e. The molecule has 1 aliphatic rings. The highest BCUT2D eigenvalue weighted by Gasteiger charge is 2.57. The van der Waals surface area contributed by atoms with Gasteiger partial charge in [0.2, 0.25) is 10.0 Å². The Kier molecular flexibility index (Phi) is 6.77. The SMILES string of the molecule is CON(C)S(=O)(=O)C1(COc2nncc3cc(C(=O)NCc4ccc(C#N)cc4)c(=O)n(C)c23)CC1. The number of benzene rings is 1. The molecule has 0 bridgehead atoms. The minimum absolute atomic E-state index is 0.0156. The number of nitrogens with one attached hydrogen (secondary N) is 1. The van der Waals surface area contributed by atoms with Gasteiger partial charge in [0, 0.05) is 26.0 Å². The number of nitriles is 1. The zero-order valence-corrected chi connectivity index (χ0v) is 20.7. The summed E-state index contributed by atoms with van der Waals surface area (Å²) in [6.07, 6.45) is 2.18. The zero-order valence-electron chi connectivity index (χ0n) is 19.9. The van der Waals surface area contributed by atoms with Crippen LogP contribution in [0.5, 0.6) is 5.88 Å². The van der Waals surface area contributed by atoms with Crippen LogP contribution in [-0.2, 0) is 28.5 Å². The number of carbonyl (C=O) groups excluding carboxylic acids is 1. The number of amides is 1. The molecule has 2 aromatic heterocycles. The van der Waals surface area contributed by atoms with Crippen LogP contribution in [0, 0.1) is 11.3 Å². The molecule has 188 valence electrons. The van der Waals surface area contributed by atoms with Crippen LogP contribution in [0.25, 0.3) is 10.9 Å². The first kappa shape index (κ1) is 25.2. The van der Waals surface area contributed by atoms with Gasteiger partial charge in [-0.25, -0.2) is 8.42 Å². The molecule has 13 heteroatoms. The Balaban J connectivity index is 1.57. The number of aryl methyl sites for hydroxylation is 1. The first-order chi connectivity index (χ1) is 17.1. The average Bonchev–Trinajstić information content (AvgIpc) is 3.69. The predicted molar refractivity (Wildman–Crippen MR) is 128 cm³/mol. The molecule has 0 spiro atoms. The average molecular weight is 513 g/mol. The van der Waals surface area contributed by atoms with Gasteiger partial charge in [0.15, 0.2) is 0 Å². The van der Waals surface area contributed by atoms with Crippen molar-refractivity contribution in [1.82, 2.24) is 24.5 Å². The van der Waals surface area contributed by atoms with E-state index in [0.29, 0.717) is 23.8 Å². The van der Waals surface area contributed by atoms with E-state index in [2.05, 4.69) is 15.5 Å². The molecule has 2 heterocycles. The molecule has 0 unspecified atom stereocenters. The summed E-state index contributed by atoms with van der Waals surface area (Å²) in [4.78, 5) is 30.7. The summed E-state index contributed by atoms with van der Waals surface area (Å²) in [5, 5.41) is 19.9. The summed E-state index contributed by atoms with van der Waals surface area (Å²) in [6, 6.07) is 10.1. The Morgan fingerprint density at radius 3 is 2.61 bits per heavy atom. The lowest BCUT2D eigenvalue weighted by Crippen LogP contribution is -2.40. The molecular weight excluding hydrogens is 488 g/mol. The Bertz CT molecular complexity index is 1520. The van der Waals surface area contributed by atoms with Crippen LogP contribution in [0.3, 0.4) is 0 Å². The van der Waals surface area contributed by atoms with Crippen molar-refractivity contribution in [2.45, 2.75) is 24.1 Å². The molecule has 1 amide bonds. The van der Waals surface area contributed by atoms with Crippen molar-refractivity contribution in [3.05, 3.63) is 63.6 Å². The van der Waals surface area contributed by atoms with Gasteiger partial charge in [0.25, 0.3) is 17.3 Å². The lowest BCUT2D eigenvalue weighted by atomic mass is 10.1. The Labute approximate surface area is 207 Å². The van der Waals surface area contributed by atoms with E-state index in [4.69, 9.17) is 14.8 Å². The maximum atomic E-state index is 13.0. The summed E-state index contributed by atoms with van der Waals surface area (Å²) in [5.41, 5.74) is 0.881. The minimum Gasteiger partial charge on any atom is -0.473 e. The van der Waals surface area contributed by atoms with Crippen LogP contribution in [0.2, 0.25) is 0 Å². The molecule has 0 atom stereocenters. The van der Waals surface area contributed by atoms with Crippen molar-refractivity contribution in [3.8, 4) is 11.9 Å². The van der Waals surface area contributed by atoms with Crippen LogP contribution in [0.4, 0.5) is 0 Å². The lowest BCUT2D eigenvalue weighted by molar-refractivity contribution is -0.0276. The molecule has 1 aliphatic carbocycles. The van der Waals surface area contributed by atoms with Gasteiger partial charge in [0.1, 0.15) is 22.4 Å². The summed E-state index contributed by atoms with van der Waals surface area (Å²) < 4.78 is 32.1. The monoisotopic (exact) mass is 512 g/mol. The number of fused-ring (bicyclic) bond motifs is 1. The molecule has 1 aromatic carbocycles. The number of carbonyl (C=O) groups is 1. The van der Waals surface area contributed by atoms with Gasteiger partial charge in [-0.2, -0.15) is 10.4 Å². The lowest BCUT2D eigenvalue weighted by Gasteiger charge is -2.22. The van der Waals surface area contributed by atoms with Gasteiger partial charge in [-0.1, -0.05) is 16.6 Å². The smallest absolute Gasteiger partial charge is 0.263 e. The van der Waals surface area contributed by atoms with E-state index in [1.807, 2.05) is 6.07 Å². The van der Waals surface area contributed by atoms with Crippen molar-refractivity contribution in [2.75, 3.05) is 20.8 Å². The summed E-state index contributed by atoms with van der Waals surface area (Å²) in [5.74, 6) is -0.593. The largest absolute Gasteiger partial charge is 0.473 e. The summed E-state index contributed by atoms with van der Waals surface area (Å²) in [7, 11) is 0.274. The van der Waals surface area contributed by atoms with E-state index in [-0.39, 0.29) is 30.1 Å². The second kappa shape index (κ2) is 9.65. The Morgan fingerprint density at radius 2 is 2.00 bits per heavy atom. The third-order valence-electron chi connectivity index (χ3n) is 6.19. The topological polar surface area (TPSA) is 157 Å². The second-order valence-electron chi connectivity index (χ2n) is 8.44. The van der Waals surface area contributed by atoms with E-state index in [9.17, 15) is 18.0 Å². The van der Waals surface area contributed by atoms with Crippen molar-refractivity contribution in [1.29, 1.82) is 5.26 Å². The van der Waals surface area contributed by atoms with Gasteiger partial charge in [0.05, 0.1) is 24.9 Å². The highest BCUT2D eigenvalue weighted by Crippen LogP contribution is 2.45. The number of rotatable bonds is 9. The molecule has 4 rings (SSSR count). The number of ether oxygens (including phenoxy) is 1. The number of pyridine rings is 1. The van der Waals surface area contributed by atoms with Crippen LogP contribution >= 0.6 is 0 Å². The van der Waals surface area contributed by atoms with Crippen LogP contribution in [0.15, 0.2) is 41.3 Å². The molecular formula is C23H24N6O6S. The molecule has 0 aliphatic heterocycles. The van der Waals surface area contributed by atoms with Crippen molar-refractivity contribution in [3.63, 3.8) is 0 Å². The fraction of sp³-hybridized carbons (Fsp3) is 0.348. The van der Waals surface area contributed by atoms with Gasteiger partial charge >= 0.3 is 0 Å². The van der Waals surface area contributed by atoms with Crippen LogP contribution in [0.1, 0.15) is 34.3 Å². The molecule has 1 saturated carbocycles. The number of hydrogen-bond acceptors (Lipinski definition) is 9. The van der Waals surface area contributed by atoms with E-state index >= 15 is 0 Å². The number of sulfonamides is 1. The number of hydrogen-bond donors (Lipinski definition) is 1. The normalized spacial score (nSPS) is 14.4. The van der Waals surface area contributed by atoms with Crippen molar-refractivity contribution < 1.29 is 22.8 Å². The standard InChI is InChI=1S/C23H24N6O6S/c1-28-19-17(10-18(22(28)31)20(30)25-12-16-6-4-15(11-24)5-7-16)13-26-27-21(19)35-14-23(8-9-23)36(32,33)29(2)34-3/h4-7,10,13H,8-9,12,14H2,1-3H3,(H,25,30). The molecule has 0 saturated heterocycles. The fourth-order valence-electron chi connectivity index (χ4n) is 3.74. The van der Waals surface area contributed by atoms with Gasteiger partial charge in [-0.15, -0.1) is 5.10 Å². The first-order valence-corrected chi connectivity index (χ1v) is 12.4. The number of aromatic nitrogens is 3. The molecule has 1 N–H and O–H groups in total. The van der Waals surface area contributed by atoms with Crippen LogP contribution in [-0.4, -0.2) is 59.1 Å². The molecule has 0 radical (unpaired) electrons. The summed E-state index contributed by atoms with van der Waals surface area (Å²) >= 11 is 0. The van der Waals surface area contributed by atoms with Gasteiger partial charge in [-0.05, 0) is 36.6 Å². The third kappa shape index (κ3) is 4.53. The summed E-state index contributed by atoms with van der Waals surface area (Å²) in [6.45, 7) is -0.0288. The van der Waals surface area contributed by atoms with Crippen LogP contribution < -0.4 is 15.6 Å². The highest BCUT2D eigenvalue weighted by atomic mass is 32.2. The van der Waals surface area contributed by atoms with E-state index < -0.39 is 26.2 Å². The third-order valence-corrected chi connectivity index (χ3v) is 8.64. The number of nitrogens with zero attached hydrogens (tertiary/aromatic N) is 5. The molecule has 3 aromatic rings. The zero-order chi connectivity index (χ0) is 26.1. The fourth-order valence-corrected chi connectivity index (χ4v) is 5.31. The quantitative estimate of drug-likeness (QED) is 0.411. The molecule has 1 fully saturated rings. The molecule has 12 nitrogen and oxygen atoms in total. The van der Waals surface area contributed by atoms with Crippen molar-refractivity contribution >= 4 is 26.8 Å². The Morgan fingerprint density at radius 1 is 1.31 bits per heavy atom. The van der Waals surface area contributed by atoms with Gasteiger partial charge < -0.3 is 14.6 Å². The first-order valence-electron chi connectivity index (χ1n) is 10.9. The van der Waals surface area contributed by atoms with E-state index in [1.54, 1.807) is 24.3 Å². The minimum atomic E-state index is -3.77. The van der Waals surface area contributed by atoms with E-state index in [1.165, 1.54) is 38.0 Å². The highest BCUT2D eigenvalue weighted by molar-refractivity contribution is 7.90. The van der Waals surface area contributed by atoms with Gasteiger partial charge in [-0.3, -0.25) is 14.4 Å². The second-order valence-corrected chi connectivity index (χ2v) is 10.8. The maximum absolute atomic E-state index is 13.0.